The van der Waals surface area contributed by atoms with Crippen LogP contribution in [-0.2, 0) is 4.79 Å². The van der Waals surface area contributed by atoms with Crippen molar-refractivity contribution in [2.45, 2.75) is 11.3 Å². The van der Waals surface area contributed by atoms with Crippen LogP contribution in [0.4, 0.5) is 10.1 Å². The number of halogens is 2. The van der Waals surface area contributed by atoms with E-state index in [2.05, 4.69) is 5.32 Å². The van der Waals surface area contributed by atoms with Crippen molar-refractivity contribution in [2.24, 2.45) is 0 Å². The van der Waals surface area contributed by atoms with Crippen LogP contribution in [0.25, 0.3) is 0 Å². The van der Waals surface area contributed by atoms with Gasteiger partial charge in [-0.25, -0.2) is 4.39 Å². The number of benzene rings is 2. The Hall–Kier alpha value is -1.92. The molecule has 0 saturated heterocycles. The lowest BCUT2D eigenvalue weighted by atomic mass is 10.2. The maximum atomic E-state index is 13.5. The minimum absolute atomic E-state index is 0.215. The molecule has 0 fully saturated rings. The first-order chi connectivity index (χ1) is 11.5. The summed E-state index contributed by atoms with van der Waals surface area (Å²) >= 11 is 7.42. The molecule has 0 aromatic heterocycles. The summed E-state index contributed by atoms with van der Waals surface area (Å²) in [6.07, 6.45) is 0.226. The maximum Gasteiger partial charge on any atom is 0.225 e. The van der Waals surface area contributed by atoms with Gasteiger partial charge in [-0.1, -0.05) is 23.7 Å². The van der Waals surface area contributed by atoms with Crippen LogP contribution in [0.1, 0.15) is 6.42 Å². The van der Waals surface area contributed by atoms with Crippen LogP contribution in [0.2, 0.25) is 5.02 Å². The Balaban J connectivity index is 1.94. The molecule has 0 radical (unpaired) electrons. The molecule has 0 atom stereocenters. The lowest BCUT2D eigenvalue weighted by molar-refractivity contribution is -0.115. The van der Waals surface area contributed by atoms with Gasteiger partial charge in [-0.2, -0.15) is 0 Å². The third-order valence-electron chi connectivity index (χ3n) is 3.17. The number of carbonyl (C=O) groups is 1. The molecule has 0 aliphatic carbocycles. The lowest BCUT2D eigenvalue weighted by Crippen LogP contribution is -2.12. The summed E-state index contributed by atoms with van der Waals surface area (Å²) in [5.74, 6) is 0.907. The van der Waals surface area contributed by atoms with E-state index in [0.717, 1.165) is 0 Å². The second-order valence-corrected chi connectivity index (χ2v) is 6.31. The molecule has 0 heterocycles. The van der Waals surface area contributed by atoms with Gasteiger partial charge in [0.05, 0.1) is 24.9 Å². The predicted octanol–water partition coefficient (Wildman–Crippen LogP) is 4.62. The molecule has 1 amide bonds. The van der Waals surface area contributed by atoms with Gasteiger partial charge >= 0.3 is 0 Å². The average Bonchev–Trinajstić information content (AvgIpc) is 2.58. The van der Waals surface area contributed by atoms with Gasteiger partial charge in [0.1, 0.15) is 5.82 Å². The molecular weight excluding hydrogens is 353 g/mol. The van der Waals surface area contributed by atoms with Crippen LogP contribution in [-0.4, -0.2) is 25.9 Å². The fourth-order valence-electron chi connectivity index (χ4n) is 1.98. The van der Waals surface area contributed by atoms with E-state index in [0.29, 0.717) is 32.9 Å². The zero-order valence-corrected chi connectivity index (χ0v) is 14.8. The minimum Gasteiger partial charge on any atom is -0.493 e. The van der Waals surface area contributed by atoms with E-state index in [9.17, 15) is 9.18 Å². The third kappa shape index (κ3) is 4.79. The highest BCUT2D eigenvalue weighted by atomic mass is 35.5. The van der Waals surface area contributed by atoms with Crippen molar-refractivity contribution in [3.63, 3.8) is 0 Å². The van der Waals surface area contributed by atoms with Crippen molar-refractivity contribution in [3.05, 3.63) is 47.2 Å². The fraction of sp³-hybridized carbons (Fsp3) is 0.235. The molecule has 0 spiro atoms. The zero-order chi connectivity index (χ0) is 17.5. The minimum atomic E-state index is -0.286. The topological polar surface area (TPSA) is 47.6 Å². The highest BCUT2D eigenvalue weighted by Crippen LogP contribution is 2.36. The van der Waals surface area contributed by atoms with E-state index in [1.54, 1.807) is 30.3 Å². The maximum absolute atomic E-state index is 13.5. The van der Waals surface area contributed by atoms with Crippen molar-refractivity contribution in [1.29, 1.82) is 0 Å². The SMILES string of the molecule is COc1cc(Cl)c(NC(=O)CCSc2ccccc2F)cc1OC. The number of hydrogen-bond donors (Lipinski definition) is 1. The first-order valence-electron chi connectivity index (χ1n) is 7.14. The molecule has 0 aliphatic rings. The summed E-state index contributed by atoms with van der Waals surface area (Å²) in [4.78, 5) is 12.6. The van der Waals surface area contributed by atoms with Gasteiger partial charge in [0, 0.05) is 29.2 Å². The van der Waals surface area contributed by atoms with Crippen molar-refractivity contribution in [3.8, 4) is 11.5 Å². The van der Waals surface area contributed by atoms with Crippen LogP contribution in [0, 0.1) is 5.82 Å². The first-order valence-corrected chi connectivity index (χ1v) is 8.50. The molecule has 0 bridgehead atoms. The number of nitrogens with one attached hydrogen (secondary N) is 1. The summed E-state index contributed by atoms with van der Waals surface area (Å²) in [6.45, 7) is 0. The molecule has 2 aromatic rings. The monoisotopic (exact) mass is 369 g/mol. The number of ether oxygens (including phenoxy) is 2. The first kappa shape index (κ1) is 18.4. The number of amides is 1. The summed E-state index contributed by atoms with van der Waals surface area (Å²) in [5, 5.41) is 3.07. The van der Waals surface area contributed by atoms with Gasteiger partial charge in [0.25, 0.3) is 0 Å². The van der Waals surface area contributed by atoms with Crippen molar-refractivity contribution in [1.82, 2.24) is 0 Å². The van der Waals surface area contributed by atoms with Gasteiger partial charge < -0.3 is 14.8 Å². The number of methoxy groups -OCH3 is 2. The highest BCUT2D eigenvalue weighted by Gasteiger charge is 2.12. The standard InChI is InChI=1S/C17H17ClFNO3S/c1-22-14-9-11(18)13(10-15(14)23-2)20-17(21)7-8-24-16-6-4-3-5-12(16)19/h3-6,9-10H,7-8H2,1-2H3,(H,20,21). The second kappa shape index (κ2) is 8.80. The molecule has 0 unspecified atom stereocenters. The summed E-state index contributed by atoms with van der Waals surface area (Å²) in [6, 6.07) is 9.64. The smallest absolute Gasteiger partial charge is 0.225 e. The fourth-order valence-corrected chi connectivity index (χ4v) is 3.07. The van der Waals surface area contributed by atoms with Crippen molar-refractivity contribution >= 4 is 35.0 Å². The van der Waals surface area contributed by atoms with Crippen LogP contribution < -0.4 is 14.8 Å². The molecule has 24 heavy (non-hydrogen) atoms. The normalized spacial score (nSPS) is 10.3. The number of anilines is 1. The highest BCUT2D eigenvalue weighted by molar-refractivity contribution is 7.99. The summed E-state index contributed by atoms with van der Waals surface area (Å²) in [5.41, 5.74) is 0.440. The Labute approximate surface area is 149 Å². The molecule has 0 saturated carbocycles. The van der Waals surface area contributed by atoms with Crippen molar-refractivity contribution < 1.29 is 18.7 Å². The van der Waals surface area contributed by atoms with E-state index in [-0.39, 0.29) is 18.1 Å². The number of rotatable bonds is 7. The number of hydrogen-bond acceptors (Lipinski definition) is 4. The molecule has 128 valence electrons. The van der Waals surface area contributed by atoms with E-state index >= 15 is 0 Å². The van der Waals surface area contributed by atoms with Crippen LogP contribution in [0.5, 0.6) is 11.5 Å². The second-order valence-electron chi connectivity index (χ2n) is 4.76. The Morgan fingerprint density at radius 1 is 1.21 bits per heavy atom. The average molecular weight is 370 g/mol. The van der Waals surface area contributed by atoms with Gasteiger partial charge in [0.15, 0.2) is 11.5 Å². The zero-order valence-electron chi connectivity index (χ0n) is 13.3. The Kier molecular flexibility index (Phi) is 6.75. The van der Waals surface area contributed by atoms with Gasteiger partial charge in [-0.15, -0.1) is 11.8 Å². The third-order valence-corrected chi connectivity index (χ3v) is 4.53. The number of carbonyl (C=O) groups excluding carboxylic acids is 1. The van der Waals surface area contributed by atoms with Gasteiger partial charge in [-0.05, 0) is 12.1 Å². The Morgan fingerprint density at radius 2 is 1.88 bits per heavy atom. The summed E-state index contributed by atoms with van der Waals surface area (Å²) < 4.78 is 23.8. The van der Waals surface area contributed by atoms with E-state index < -0.39 is 0 Å². The van der Waals surface area contributed by atoms with Crippen LogP contribution in [0.15, 0.2) is 41.3 Å². The molecule has 0 aliphatic heterocycles. The molecule has 7 heteroatoms. The summed E-state index contributed by atoms with van der Waals surface area (Å²) in [7, 11) is 3.01. The molecule has 2 aromatic carbocycles. The van der Waals surface area contributed by atoms with Crippen LogP contribution >= 0.6 is 23.4 Å². The largest absolute Gasteiger partial charge is 0.493 e. The van der Waals surface area contributed by atoms with Crippen LogP contribution in [0.3, 0.4) is 0 Å². The molecular formula is C17H17ClFNO3S. The van der Waals surface area contributed by atoms with Gasteiger partial charge in [-0.3, -0.25) is 4.79 Å². The Morgan fingerprint density at radius 3 is 2.54 bits per heavy atom. The quantitative estimate of drug-likeness (QED) is 0.723. The Bertz CT molecular complexity index is 727. The molecule has 1 N–H and O–H groups in total. The predicted molar refractivity (Wildman–Crippen MR) is 94.9 cm³/mol. The van der Waals surface area contributed by atoms with Gasteiger partial charge in [0.2, 0.25) is 5.91 Å². The van der Waals surface area contributed by atoms with E-state index in [1.807, 2.05) is 0 Å². The number of thioether (sulfide) groups is 1. The van der Waals surface area contributed by atoms with E-state index in [1.165, 1.54) is 32.0 Å². The van der Waals surface area contributed by atoms with E-state index in [4.69, 9.17) is 21.1 Å². The van der Waals surface area contributed by atoms with Crippen molar-refractivity contribution in [2.75, 3.05) is 25.3 Å². The molecule has 2 rings (SSSR count). The molecule has 4 nitrogen and oxygen atoms in total. The lowest BCUT2D eigenvalue weighted by Gasteiger charge is -2.12.